The Labute approximate surface area is 68.2 Å². The van der Waals surface area contributed by atoms with Gasteiger partial charge in [0.05, 0.1) is 0 Å². The van der Waals surface area contributed by atoms with E-state index in [9.17, 15) is 4.79 Å². The van der Waals surface area contributed by atoms with Crippen molar-refractivity contribution in [1.82, 2.24) is 0 Å². The van der Waals surface area contributed by atoms with E-state index in [2.05, 4.69) is 6.92 Å². The zero-order valence-electron chi connectivity index (χ0n) is 7.01. The topological polar surface area (TPSA) is 26.3 Å². The van der Waals surface area contributed by atoms with Crippen LogP contribution in [-0.4, -0.2) is 12.6 Å². The number of rotatable bonds is 5. The summed E-state index contributed by atoms with van der Waals surface area (Å²) in [5, 5.41) is 0. The van der Waals surface area contributed by atoms with Crippen LogP contribution in [0.4, 0.5) is 0 Å². The fourth-order valence-corrected chi connectivity index (χ4v) is 0.579. The lowest BCUT2D eigenvalue weighted by molar-refractivity contribution is -0.142. The van der Waals surface area contributed by atoms with Crippen molar-refractivity contribution in [2.75, 3.05) is 6.61 Å². The normalized spacial score (nSPS) is 10.4. The fourth-order valence-electron chi connectivity index (χ4n) is 0.579. The van der Waals surface area contributed by atoms with Crippen molar-refractivity contribution in [2.24, 2.45) is 0 Å². The van der Waals surface area contributed by atoms with Crippen molar-refractivity contribution in [3.63, 3.8) is 0 Å². The third-order valence-electron chi connectivity index (χ3n) is 1.21. The minimum Gasteiger partial charge on any atom is -0.461 e. The van der Waals surface area contributed by atoms with Gasteiger partial charge < -0.3 is 4.74 Å². The summed E-state index contributed by atoms with van der Waals surface area (Å²) >= 11 is 0. The summed E-state index contributed by atoms with van der Waals surface area (Å²) in [6, 6.07) is 0. The summed E-state index contributed by atoms with van der Waals surface area (Å²) in [4.78, 5) is 10.8. The van der Waals surface area contributed by atoms with Crippen molar-refractivity contribution in [1.29, 1.82) is 0 Å². The van der Waals surface area contributed by atoms with E-state index in [1.807, 2.05) is 19.1 Å². The molecule has 1 radical (unpaired) electrons. The Bertz CT molecular complexity index is 128. The standard InChI is InChI=1S/C9H15O2/c1-3-5-7-9(10)11-8-6-4-2/h4,6H,1,3,5,7-8H2,2H3. The molecule has 2 heteroatoms. The molecule has 63 valence electrons. The maximum absolute atomic E-state index is 10.8. The van der Waals surface area contributed by atoms with Crippen LogP contribution in [0.1, 0.15) is 26.2 Å². The van der Waals surface area contributed by atoms with Gasteiger partial charge in [0.2, 0.25) is 0 Å². The van der Waals surface area contributed by atoms with Crippen molar-refractivity contribution in [3.05, 3.63) is 19.1 Å². The molecule has 0 aromatic heterocycles. The van der Waals surface area contributed by atoms with Gasteiger partial charge in [-0.15, -0.1) is 0 Å². The second kappa shape index (κ2) is 7.32. The second-order valence-electron chi connectivity index (χ2n) is 2.21. The molecule has 0 aromatic carbocycles. The minimum absolute atomic E-state index is 0.133. The van der Waals surface area contributed by atoms with Crippen LogP contribution in [0.3, 0.4) is 0 Å². The molecule has 0 aliphatic heterocycles. The summed E-state index contributed by atoms with van der Waals surface area (Å²) < 4.78 is 4.83. The first-order valence-corrected chi connectivity index (χ1v) is 3.87. The zero-order chi connectivity index (χ0) is 8.53. The SMILES string of the molecule is [CH2]CCCC(=O)OCC=CC. The number of carbonyl (C=O) groups excluding carboxylic acids is 1. The number of hydrogen-bond donors (Lipinski definition) is 0. The Morgan fingerprint density at radius 3 is 2.91 bits per heavy atom. The molecule has 0 aliphatic carbocycles. The molecule has 0 N–H and O–H groups in total. The van der Waals surface area contributed by atoms with E-state index in [-0.39, 0.29) is 5.97 Å². The van der Waals surface area contributed by atoms with Gasteiger partial charge >= 0.3 is 5.97 Å². The second-order valence-corrected chi connectivity index (χ2v) is 2.21. The van der Waals surface area contributed by atoms with Crippen LogP contribution in [0.5, 0.6) is 0 Å². The predicted octanol–water partition coefficient (Wildman–Crippen LogP) is 2.11. The smallest absolute Gasteiger partial charge is 0.306 e. The van der Waals surface area contributed by atoms with Crippen LogP contribution in [0.25, 0.3) is 0 Å². The maximum atomic E-state index is 10.8. The molecule has 0 amide bonds. The molecule has 0 aliphatic rings. The van der Waals surface area contributed by atoms with Crippen LogP contribution >= 0.6 is 0 Å². The highest BCUT2D eigenvalue weighted by Crippen LogP contribution is 1.95. The number of unbranched alkanes of at least 4 members (excludes halogenated alkanes) is 1. The first kappa shape index (κ1) is 10.2. The van der Waals surface area contributed by atoms with Crippen molar-refractivity contribution in [3.8, 4) is 0 Å². The largest absolute Gasteiger partial charge is 0.461 e. The maximum Gasteiger partial charge on any atom is 0.306 e. The molecule has 0 unspecified atom stereocenters. The first-order valence-electron chi connectivity index (χ1n) is 3.87. The predicted molar refractivity (Wildman–Crippen MR) is 45.0 cm³/mol. The molecule has 2 nitrogen and oxygen atoms in total. The van der Waals surface area contributed by atoms with Crippen LogP contribution in [0, 0.1) is 6.92 Å². The Hall–Kier alpha value is -0.790. The fraction of sp³-hybridized carbons (Fsp3) is 0.556. The minimum atomic E-state index is -0.133. The average Bonchev–Trinajstić information content (AvgIpc) is 2.01. The van der Waals surface area contributed by atoms with Crippen molar-refractivity contribution < 1.29 is 9.53 Å². The van der Waals surface area contributed by atoms with Gasteiger partial charge in [-0.2, -0.15) is 0 Å². The molecule has 0 spiro atoms. The zero-order valence-corrected chi connectivity index (χ0v) is 7.01. The van der Waals surface area contributed by atoms with Gasteiger partial charge in [0.1, 0.15) is 6.61 Å². The van der Waals surface area contributed by atoms with Gasteiger partial charge in [-0.05, 0) is 13.3 Å². The quantitative estimate of drug-likeness (QED) is 0.449. The van der Waals surface area contributed by atoms with Gasteiger partial charge in [0.15, 0.2) is 0 Å². The Morgan fingerprint density at radius 1 is 1.64 bits per heavy atom. The van der Waals surface area contributed by atoms with Crippen LogP contribution < -0.4 is 0 Å². The Balaban J connectivity index is 3.22. The lowest BCUT2D eigenvalue weighted by atomic mass is 10.2. The van der Waals surface area contributed by atoms with E-state index in [4.69, 9.17) is 4.74 Å². The van der Waals surface area contributed by atoms with E-state index < -0.39 is 0 Å². The molecule has 0 saturated heterocycles. The van der Waals surface area contributed by atoms with Gasteiger partial charge in [-0.25, -0.2) is 0 Å². The molecule has 0 saturated carbocycles. The summed E-state index contributed by atoms with van der Waals surface area (Å²) in [7, 11) is 0. The molecular formula is C9H15O2. The van der Waals surface area contributed by atoms with Crippen LogP contribution in [0.15, 0.2) is 12.2 Å². The Morgan fingerprint density at radius 2 is 2.36 bits per heavy atom. The summed E-state index contributed by atoms with van der Waals surface area (Å²) in [5.41, 5.74) is 0. The number of carbonyl (C=O) groups is 1. The average molecular weight is 155 g/mol. The summed E-state index contributed by atoms with van der Waals surface area (Å²) in [5.74, 6) is -0.133. The summed E-state index contributed by atoms with van der Waals surface area (Å²) in [6.07, 6.45) is 5.76. The van der Waals surface area contributed by atoms with Crippen molar-refractivity contribution in [2.45, 2.75) is 26.2 Å². The highest BCUT2D eigenvalue weighted by molar-refractivity contribution is 5.69. The molecule has 0 aromatic rings. The van der Waals surface area contributed by atoms with Gasteiger partial charge in [0, 0.05) is 6.42 Å². The van der Waals surface area contributed by atoms with E-state index in [1.54, 1.807) is 0 Å². The third-order valence-corrected chi connectivity index (χ3v) is 1.21. The van der Waals surface area contributed by atoms with Gasteiger partial charge in [-0.3, -0.25) is 4.79 Å². The first-order chi connectivity index (χ1) is 5.31. The summed E-state index contributed by atoms with van der Waals surface area (Å²) in [6.45, 7) is 5.92. The van der Waals surface area contributed by atoms with Gasteiger partial charge in [-0.1, -0.05) is 25.5 Å². The molecule has 0 atom stereocenters. The molecule has 0 rings (SSSR count). The van der Waals surface area contributed by atoms with Gasteiger partial charge in [0.25, 0.3) is 0 Å². The number of esters is 1. The molecular weight excluding hydrogens is 140 g/mol. The van der Waals surface area contributed by atoms with Crippen molar-refractivity contribution >= 4 is 5.97 Å². The van der Waals surface area contributed by atoms with E-state index in [0.29, 0.717) is 13.0 Å². The van der Waals surface area contributed by atoms with E-state index in [0.717, 1.165) is 12.8 Å². The van der Waals surface area contributed by atoms with E-state index >= 15 is 0 Å². The number of ether oxygens (including phenoxy) is 1. The number of hydrogen-bond acceptors (Lipinski definition) is 2. The molecule has 11 heavy (non-hydrogen) atoms. The molecule has 0 bridgehead atoms. The van der Waals surface area contributed by atoms with Crippen LogP contribution in [-0.2, 0) is 9.53 Å². The molecule has 0 heterocycles. The van der Waals surface area contributed by atoms with E-state index in [1.165, 1.54) is 0 Å². The Kier molecular flexibility index (Phi) is 6.79. The molecule has 0 fully saturated rings. The highest BCUT2D eigenvalue weighted by Gasteiger charge is 1.98. The number of allylic oxidation sites excluding steroid dienone is 1. The lowest BCUT2D eigenvalue weighted by Crippen LogP contribution is -2.03. The highest BCUT2D eigenvalue weighted by atomic mass is 16.5. The third kappa shape index (κ3) is 7.10. The lowest BCUT2D eigenvalue weighted by Gasteiger charge is -1.99. The van der Waals surface area contributed by atoms with Crippen LogP contribution in [0.2, 0.25) is 0 Å². The monoisotopic (exact) mass is 155 g/mol.